The van der Waals surface area contributed by atoms with Gasteiger partial charge in [0, 0.05) is 50.5 Å². The molecular formula is C25H19N5S. The lowest BCUT2D eigenvalue weighted by molar-refractivity contribution is 1.10. The minimum absolute atomic E-state index is 0.700. The van der Waals surface area contributed by atoms with Crippen molar-refractivity contribution < 1.29 is 0 Å². The Morgan fingerprint density at radius 2 is 2.06 bits per heavy atom. The fraction of sp³-hybridized carbons (Fsp3) is 0.0800. The molecule has 0 amide bonds. The van der Waals surface area contributed by atoms with Gasteiger partial charge in [-0.15, -0.1) is 11.3 Å². The molecule has 5 nitrogen and oxygen atoms in total. The first-order valence-corrected chi connectivity index (χ1v) is 10.9. The molecule has 0 radical (unpaired) electrons. The maximum Gasteiger partial charge on any atom is 0.181 e. The van der Waals surface area contributed by atoms with Gasteiger partial charge in [0.05, 0.1) is 23.1 Å². The molecule has 5 aromatic rings. The van der Waals surface area contributed by atoms with Crippen LogP contribution in [0.2, 0.25) is 0 Å². The Hall–Kier alpha value is -3.77. The van der Waals surface area contributed by atoms with E-state index < -0.39 is 0 Å². The zero-order valence-electron chi connectivity index (χ0n) is 16.9. The predicted octanol–water partition coefficient (Wildman–Crippen LogP) is 6.30. The second-order valence-electron chi connectivity index (χ2n) is 7.64. The van der Waals surface area contributed by atoms with E-state index in [0.29, 0.717) is 5.65 Å². The highest BCUT2D eigenvalue weighted by Gasteiger charge is 2.16. The molecule has 2 N–H and O–H groups in total. The molecule has 1 aliphatic rings. The molecule has 0 fully saturated rings. The van der Waals surface area contributed by atoms with Crippen LogP contribution in [0, 0.1) is 0 Å². The highest BCUT2D eigenvalue weighted by molar-refractivity contribution is 7.15. The van der Waals surface area contributed by atoms with Crippen LogP contribution in [0.25, 0.3) is 49.3 Å². The van der Waals surface area contributed by atoms with Gasteiger partial charge >= 0.3 is 0 Å². The number of allylic oxidation sites excluding steroid dienone is 5. The second kappa shape index (κ2) is 6.89. The monoisotopic (exact) mass is 421 g/mol. The van der Waals surface area contributed by atoms with Crippen LogP contribution in [0.15, 0.2) is 73.2 Å². The standard InChI is InChI=1S/C25H19N5S/c1-3-14-7-15(4-2)16-9-19-24(29-30-25(19)27-11-16)21-10-18-20(12-26-13-22(18)28-21)23-6-5-17(8-14)31-23/h3-7,9-13,28H,1,8H2,2H3,(H,27,29,30)/b14-7+,15-4+. The molecule has 5 aromatic heterocycles. The number of aromatic amines is 2. The van der Waals surface area contributed by atoms with Gasteiger partial charge in [0.1, 0.15) is 0 Å². The van der Waals surface area contributed by atoms with Crippen LogP contribution in [-0.4, -0.2) is 25.1 Å². The van der Waals surface area contributed by atoms with Crippen molar-refractivity contribution >= 4 is 38.8 Å². The maximum absolute atomic E-state index is 4.61. The number of nitrogens with zero attached hydrogens (tertiary/aromatic N) is 3. The van der Waals surface area contributed by atoms with Gasteiger partial charge in [-0.2, -0.15) is 5.10 Å². The Bertz CT molecular complexity index is 1540. The fourth-order valence-corrected chi connectivity index (χ4v) is 5.25. The van der Waals surface area contributed by atoms with E-state index in [1.54, 1.807) is 11.3 Å². The van der Waals surface area contributed by atoms with E-state index in [-0.39, 0.29) is 0 Å². The Labute approximate surface area is 182 Å². The zero-order valence-corrected chi connectivity index (χ0v) is 17.8. The number of pyridine rings is 2. The summed E-state index contributed by atoms with van der Waals surface area (Å²) in [7, 11) is 0. The van der Waals surface area contributed by atoms with Crippen LogP contribution in [0.3, 0.4) is 0 Å². The van der Waals surface area contributed by atoms with Crippen LogP contribution >= 0.6 is 11.3 Å². The van der Waals surface area contributed by atoms with Gasteiger partial charge in [0.15, 0.2) is 5.65 Å². The third-order valence-corrected chi connectivity index (χ3v) is 6.90. The topological polar surface area (TPSA) is 70.2 Å². The second-order valence-corrected chi connectivity index (χ2v) is 8.80. The highest BCUT2D eigenvalue weighted by atomic mass is 32.1. The molecule has 0 aliphatic carbocycles. The molecule has 6 heteroatoms. The largest absolute Gasteiger partial charge is 0.352 e. The van der Waals surface area contributed by atoms with Crippen molar-refractivity contribution in [2.45, 2.75) is 13.3 Å². The number of thiophene rings is 1. The molecule has 0 aromatic carbocycles. The summed E-state index contributed by atoms with van der Waals surface area (Å²) in [6.07, 6.45) is 12.8. The number of aromatic nitrogens is 5. The molecule has 150 valence electrons. The van der Waals surface area contributed by atoms with Crippen LogP contribution in [0.1, 0.15) is 17.4 Å². The molecular weight excluding hydrogens is 402 g/mol. The third kappa shape index (κ3) is 2.87. The SMILES string of the molecule is C=C/C1=C\C(=C/C)c2cnc3n[nH]c(c3c2)-c2cc3c(cncc3[nH]2)-c2ccc(s2)C1. The average molecular weight is 422 g/mol. The van der Waals surface area contributed by atoms with Gasteiger partial charge in [-0.1, -0.05) is 24.8 Å². The van der Waals surface area contributed by atoms with Gasteiger partial charge in [-0.25, -0.2) is 4.98 Å². The summed E-state index contributed by atoms with van der Waals surface area (Å²) in [5.74, 6) is 0. The Morgan fingerprint density at radius 3 is 2.94 bits per heavy atom. The summed E-state index contributed by atoms with van der Waals surface area (Å²) in [6.45, 7) is 6.10. The van der Waals surface area contributed by atoms with Gasteiger partial charge in [-0.05, 0) is 42.3 Å². The smallest absolute Gasteiger partial charge is 0.181 e. The average Bonchev–Trinajstić information content (AvgIpc) is 3.52. The lowest BCUT2D eigenvalue weighted by Gasteiger charge is -2.06. The molecule has 6 heterocycles. The van der Waals surface area contributed by atoms with Crippen LogP contribution in [-0.2, 0) is 6.42 Å². The molecule has 1 aliphatic heterocycles. The molecule has 0 saturated heterocycles. The number of fused-ring (bicyclic) bond motifs is 6. The Balaban J connectivity index is 1.69. The number of H-pyrrole nitrogens is 2. The normalized spacial score (nSPS) is 16.5. The Kier molecular flexibility index (Phi) is 4.01. The van der Waals surface area contributed by atoms with E-state index >= 15 is 0 Å². The number of hydrogen-bond acceptors (Lipinski definition) is 4. The van der Waals surface area contributed by atoms with E-state index in [0.717, 1.165) is 50.8 Å². The van der Waals surface area contributed by atoms with Gasteiger partial charge in [-0.3, -0.25) is 10.1 Å². The quantitative estimate of drug-likeness (QED) is 0.334. The summed E-state index contributed by atoms with van der Waals surface area (Å²) in [5.41, 5.74) is 8.07. The number of nitrogens with one attached hydrogen (secondary N) is 2. The van der Waals surface area contributed by atoms with E-state index in [9.17, 15) is 0 Å². The first-order valence-electron chi connectivity index (χ1n) is 10.1. The van der Waals surface area contributed by atoms with Crippen LogP contribution in [0.5, 0.6) is 0 Å². The summed E-state index contributed by atoms with van der Waals surface area (Å²) in [4.78, 5) is 15.1. The van der Waals surface area contributed by atoms with Gasteiger partial charge < -0.3 is 4.98 Å². The first kappa shape index (κ1) is 18.0. The summed E-state index contributed by atoms with van der Waals surface area (Å²) >= 11 is 1.80. The van der Waals surface area contributed by atoms with Crippen LogP contribution < -0.4 is 0 Å². The lowest BCUT2D eigenvalue weighted by Crippen LogP contribution is -1.89. The summed E-state index contributed by atoms with van der Waals surface area (Å²) in [5, 5.41) is 9.74. The van der Waals surface area contributed by atoms with E-state index in [2.05, 4.69) is 75.1 Å². The summed E-state index contributed by atoms with van der Waals surface area (Å²) < 4.78 is 0. The van der Waals surface area contributed by atoms with Crippen LogP contribution in [0.4, 0.5) is 0 Å². The molecule has 0 unspecified atom stereocenters. The van der Waals surface area contributed by atoms with Gasteiger partial charge in [0.25, 0.3) is 0 Å². The summed E-state index contributed by atoms with van der Waals surface area (Å²) in [6, 6.07) is 8.72. The molecule has 6 rings (SSSR count). The third-order valence-electron chi connectivity index (χ3n) is 5.78. The molecule has 31 heavy (non-hydrogen) atoms. The fourth-order valence-electron chi connectivity index (χ4n) is 4.18. The van der Waals surface area contributed by atoms with Crippen molar-refractivity contribution in [3.05, 3.63) is 83.7 Å². The molecule has 6 bridgehead atoms. The lowest BCUT2D eigenvalue weighted by atomic mass is 10.0. The van der Waals surface area contributed by atoms with Crippen molar-refractivity contribution in [3.8, 4) is 21.8 Å². The number of hydrogen-bond donors (Lipinski definition) is 2. The van der Waals surface area contributed by atoms with E-state index in [1.807, 2.05) is 24.7 Å². The van der Waals surface area contributed by atoms with Crippen molar-refractivity contribution in [2.24, 2.45) is 0 Å². The zero-order chi connectivity index (χ0) is 20.9. The van der Waals surface area contributed by atoms with E-state index in [1.165, 1.54) is 15.3 Å². The van der Waals surface area contributed by atoms with Crippen molar-refractivity contribution in [2.75, 3.05) is 0 Å². The highest BCUT2D eigenvalue weighted by Crippen LogP contribution is 2.37. The molecule has 0 saturated carbocycles. The minimum atomic E-state index is 0.700. The Morgan fingerprint density at radius 1 is 1.13 bits per heavy atom. The number of rotatable bonds is 1. The van der Waals surface area contributed by atoms with Gasteiger partial charge in [0.2, 0.25) is 0 Å². The van der Waals surface area contributed by atoms with Crippen molar-refractivity contribution in [1.29, 1.82) is 0 Å². The first-order chi connectivity index (χ1) is 15.2. The minimum Gasteiger partial charge on any atom is -0.352 e. The molecule has 0 spiro atoms. The predicted molar refractivity (Wildman–Crippen MR) is 128 cm³/mol. The van der Waals surface area contributed by atoms with Crippen molar-refractivity contribution in [3.63, 3.8) is 0 Å². The van der Waals surface area contributed by atoms with E-state index in [4.69, 9.17) is 0 Å². The van der Waals surface area contributed by atoms with Crippen molar-refractivity contribution in [1.82, 2.24) is 25.1 Å². The maximum atomic E-state index is 4.61. The molecule has 0 atom stereocenters.